The standard InChI is InChI=1S/C40H23N3S/c1-2-12-25-24(11-1)26-13-3-5-15-28(26)39-40(29-16-6-4-14-27(25)29)42-36(23-41-39)43-32-19-9-7-17-30(32)37-33(43)21-22-35-38(37)31-18-8-10-20-34(31)44-35/h1-23H. The molecule has 10 rings (SSSR count). The van der Waals surface area contributed by atoms with Crippen LogP contribution in [0.1, 0.15) is 0 Å². The fourth-order valence-corrected chi connectivity index (χ4v) is 8.31. The summed E-state index contributed by atoms with van der Waals surface area (Å²) in [6.45, 7) is 0. The first-order chi connectivity index (χ1) is 21.8. The Balaban J connectivity index is 1.32. The highest BCUT2D eigenvalue weighted by Gasteiger charge is 2.25. The van der Waals surface area contributed by atoms with Crippen molar-refractivity contribution in [1.29, 1.82) is 0 Å². The number of benzene rings is 6. The van der Waals surface area contributed by atoms with E-state index >= 15 is 0 Å². The maximum atomic E-state index is 5.50. The third-order valence-electron chi connectivity index (χ3n) is 9.04. The van der Waals surface area contributed by atoms with Crippen molar-refractivity contribution in [2.75, 3.05) is 0 Å². The summed E-state index contributed by atoms with van der Waals surface area (Å²) in [5.74, 6) is 0.815. The zero-order valence-corrected chi connectivity index (χ0v) is 24.3. The van der Waals surface area contributed by atoms with Crippen LogP contribution in [0.4, 0.5) is 0 Å². The summed E-state index contributed by atoms with van der Waals surface area (Å²) in [7, 11) is 0. The van der Waals surface area contributed by atoms with Crippen LogP contribution in [-0.4, -0.2) is 14.5 Å². The summed E-state index contributed by atoms with van der Waals surface area (Å²) < 4.78 is 4.91. The summed E-state index contributed by atoms with van der Waals surface area (Å²) in [6.07, 6.45) is 1.95. The van der Waals surface area contributed by atoms with Crippen molar-refractivity contribution < 1.29 is 0 Å². The summed E-state index contributed by atoms with van der Waals surface area (Å²) in [5, 5.41) is 5.11. The Labute approximate surface area is 257 Å². The number of rotatable bonds is 1. The second-order valence-corrected chi connectivity index (χ2v) is 12.4. The van der Waals surface area contributed by atoms with Gasteiger partial charge in [-0.1, -0.05) is 109 Å². The molecule has 44 heavy (non-hydrogen) atoms. The van der Waals surface area contributed by atoms with Crippen molar-refractivity contribution in [2.24, 2.45) is 0 Å². The van der Waals surface area contributed by atoms with Gasteiger partial charge in [-0.05, 0) is 46.5 Å². The molecule has 0 radical (unpaired) electrons. The molecular formula is C40H23N3S. The number of nitrogens with zero attached hydrogens (tertiary/aromatic N) is 3. The Morgan fingerprint density at radius 1 is 0.432 bits per heavy atom. The lowest BCUT2D eigenvalue weighted by molar-refractivity contribution is 1.05. The van der Waals surface area contributed by atoms with Gasteiger partial charge in [-0.2, -0.15) is 0 Å². The fourth-order valence-electron chi connectivity index (χ4n) is 7.20. The molecule has 4 heteroatoms. The Morgan fingerprint density at radius 3 is 1.73 bits per heavy atom. The van der Waals surface area contributed by atoms with Gasteiger partial charge >= 0.3 is 0 Å². The molecule has 0 saturated carbocycles. The monoisotopic (exact) mass is 577 g/mol. The van der Waals surface area contributed by atoms with E-state index in [0.717, 1.165) is 39.4 Å². The van der Waals surface area contributed by atoms with Crippen LogP contribution in [0.2, 0.25) is 0 Å². The van der Waals surface area contributed by atoms with Crippen LogP contribution in [0.5, 0.6) is 0 Å². The topological polar surface area (TPSA) is 30.7 Å². The Kier molecular flexibility index (Phi) is 4.87. The first-order valence-electron chi connectivity index (χ1n) is 14.8. The van der Waals surface area contributed by atoms with Gasteiger partial charge in [0.15, 0.2) is 5.82 Å². The molecule has 0 atom stereocenters. The average molecular weight is 578 g/mol. The van der Waals surface area contributed by atoms with Crippen LogP contribution in [-0.2, 0) is 0 Å². The van der Waals surface area contributed by atoms with Crippen LogP contribution in [0.15, 0.2) is 140 Å². The number of thiophene rings is 1. The lowest BCUT2D eigenvalue weighted by Gasteiger charge is -2.22. The van der Waals surface area contributed by atoms with E-state index in [2.05, 4.69) is 138 Å². The minimum atomic E-state index is 0.815. The highest BCUT2D eigenvalue weighted by Crippen LogP contribution is 2.47. The van der Waals surface area contributed by atoms with Gasteiger partial charge in [-0.3, -0.25) is 9.55 Å². The zero-order valence-electron chi connectivity index (χ0n) is 23.5. The highest BCUT2D eigenvalue weighted by atomic mass is 32.1. The molecule has 204 valence electrons. The Morgan fingerprint density at radius 2 is 1.00 bits per heavy atom. The van der Waals surface area contributed by atoms with Crippen molar-refractivity contribution in [3.05, 3.63) is 140 Å². The minimum absolute atomic E-state index is 0.815. The van der Waals surface area contributed by atoms with Crippen molar-refractivity contribution in [3.63, 3.8) is 0 Å². The molecule has 1 aliphatic carbocycles. The molecule has 3 nitrogen and oxygen atoms in total. The first-order valence-corrected chi connectivity index (χ1v) is 15.7. The largest absolute Gasteiger partial charge is 0.292 e. The summed E-state index contributed by atoms with van der Waals surface area (Å²) in [4.78, 5) is 10.7. The molecule has 3 aromatic heterocycles. The zero-order chi connectivity index (χ0) is 28.8. The number of para-hydroxylation sites is 1. The molecule has 0 amide bonds. The smallest absolute Gasteiger partial charge is 0.156 e. The third kappa shape index (κ3) is 3.20. The van der Waals surface area contributed by atoms with Gasteiger partial charge in [0, 0.05) is 42.1 Å². The lowest BCUT2D eigenvalue weighted by atomic mass is 9.84. The highest BCUT2D eigenvalue weighted by molar-refractivity contribution is 7.26. The van der Waals surface area contributed by atoms with Crippen LogP contribution >= 0.6 is 11.3 Å². The van der Waals surface area contributed by atoms with Gasteiger partial charge in [-0.15, -0.1) is 11.3 Å². The second kappa shape index (κ2) is 8.96. The number of fused-ring (bicyclic) bond motifs is 15. The van der Waals surface area contributed by atoms with E-state index in [4.69, 9.17) is 9.97 Å². The van der Waals surface area contributed by atoms with Crippen LogP contribution in [0.25, 0.3) is 92.6 Å². The minimum Gasteiger partial charge on any atom is -0.292 e. The molecule has 0 fully saturated rings. The molecule has 0 unspecified atom stereocenters. The molecule has 9 aromatic rings. The average Bonchev–Trinajstić information content (AvgIpc) is 3.63. The van der Waals surface area contributed by atoms with Gasteiger partial charge in [0.1, 0.15) is 0 Å². The van der Waals surface area contributed by atoms with Crippen LogP contribution in [0.3, 0.4) is 0 Å². The van der Waals surface area contributed by atoms with Crippen LogP contribution in [0, 0.1) is 0 Å². The maximum absolute atomic E-state index is 5.50. The van der Waals surface area contributed by atoms with Crippen LogP contribution < -0.4 is 0 Å². The van der Waals surface area contributed by atoms with Crippen molar-refractivity contribution in [1.82, 2.24) is 14.5 Å². The van der Waals surface area contributed by atoms with Gasteiger partial charge < -0.3 is 0 Å². The number of aromatic nitrogens is 3. The van der Waals surface area contributed by atoms with E-state index in [0.29, 0.717) is 0 Å². The van der Waals surface area contributed by atoms with Gasteiger partial charge in [0.25, 0.3) is 0 Å². The lowest BCUT2D eigenvalue weighted by Crippen LogP contribution is -2.05. The SMILES string of the molecule is c1ccc2c(c1)-c1ccccc1-c1ncc(-n3c4ccccc4c4c5c(ccc43)sc3ccccc35)nc1-c1ccccc1-2. The van der Waals surface area contributed by atoms with E-state index < -0.39 is 0 Å². The number of hydrogen-bond acceptors (Lipinski definition) is 3. The summed E-state index contributed by atoms with van der Waals surface area (Å²) in [6, 6.07) is 47.8. The summed E-state index contributed by atoms with van der Waals surface area (Å²) in [5.41, 5.74) is 11.0. The normalized spacial score (nSPS) is 12.1. The fraction of sp³-hybridized carbons (Fsp3) is 0. The van der Waals surface area contributed by atoms with E-state index in [1.165, 1.54) is 53.2 Å². The van der Waals surface area contributed by atoms with E-state index in [-0.39, 0.29) is 0 Å². The predicted octanol–water partition coefficient (Wildman–Crippen LogP) is 10.9. The quantitative estimate of drug-likeness (QED) is 0.194. The molecule has 1 aliphatic rings. The molecule has 6 aromatic carbocycles. The molecule has 0 saturated heterocycles. The van der Waals surface area contributed by atoms with Gasteiger partial charge in [-0.25, -0.2) is 4.98 Å². The number of hydrogen-bond donors (Lipinski definition) is 0. The Bertz CT molecular complexity index is 2620. The molecule has 0 aliphatic heterocycles. The summed E-state index contributed by atoms with van der Waals surface area (Å²) >= 11 is 1.86. The van der Waals surface area contributed by atoms with E-state index in [1.54, 1.807) is 0 Å². The van der Waals surface area contributed by atoms with Gasteiger partial charge in [0.05, 0.1) is 28.6 Å². The maximum Gasteiger partial charge on any atom is 0.156 e. The molecule has 0 spiro atoms. The first kappa shape index (κ1) is 23.9. The Hall–Kier alpha value is -5.58. The van der Waals surface area contributed by atoms with E-state index in [9.17, 15) is 0 Å². The van der Waals surface area contributed by atoms with Crippen molar-refractivity contribution >= 4 is 53.3 Å². The molecule has 0 N–H and O–H groups in total. The third-order valence-corrected chi connectivity index (χ3v) is 10.2. The van der Waals surface area contributed by atoms with Gasteiger partial charge in [0.2, 0.25) is 0 Å². The van der Waals surface area contributed by atoms with Crippen molar-refractivity contribution in [3.8, 4) is 50.6 Å². The molecule has 0 bridgehead atoms. The second-order valence-electron chi connectivity index (χ2n) is 11.3. The molecule has 3 heterocycles. The predicted molar refractivity (Wildman–Crippen MR) is 185 cm³/mol. The van der Waals surface area contributed by atoms with E-state index in [1.807, 2.05) is 17.5 Å². The molecular weight excluding hydrogens is 555 g/mol. The van der Waals surface area contributed by atoms with Crippen molar-refractivity contribution in [2.45, 2.75) is 0 Å².